The van der Waals surface area contributed by atoms with Crippen LogP contribution in [0.1, 0.15) is 24.4 Å². The molecular weight excluding hydrogens is 253 g/mol. The molecule has 0 amide bonds. The summed E-state index contributed by atoms with van der Waals surface area (Å²) in [5.74, 6) is -0.508. The van der Waals surface area contributed by atoms with Gasteiger partial charge in [0, 0.05) is 11.6 Å². The van der Waals surface area contributed by atoms with Crippen LogP contribution in [0.15, 0.2) is 12.1 Å². The molecule has 0 unspecified atom stereocenters. The molecule has 3 rings (SSSR count). The number of aryl methyl sites for hydroxylation is 1. The van der Waals surface area contributed by atoms with Crippen molar-refractivity contribution in [3.05, 3.63) is 33.6 Å². The minimum absolute atomic E-state index is 0.00389. The van der Waals surface area contributed by atoms with Crippen LogP contribution in [0.5, 0.6) is 0 Å². The van der Waals surface area contributed by atoms with Crippen molar-refractivity contribution in [3.8, 4) is 11.4 Å². The second kappa shape index (κ2) is 4.08. The summed E-state index contributed by atoms with van der Waals surface area (Å²) in [5.41, 5.74) is 0.115. The van der Waals surface area contributed by atoms with Gasteiger partial charge >= 0.3 is 0 Å². The molecular formula is C11H10FN5O2. The van der Waals surface area contributed by atoms with Gasteiger partial charge in [-0.3, -0.25) is 10.1 Å². The summed E-state index contributed by atoms with van der Waals surface area (Å²) in [5, 5.41) is 22.5. The second-order valence-electron chi connectivity index (χ2n) is 4.54. The van der Waals surface area contributed by atoms with Crippen LogP contribution in [-0.2, 0) is 0 Å². The maximum absolute atomic E-state index is 13.9. The van der Waals surface area contributed by atoms with Crippen LogP contribution in [0.3, 0.4) is 0 Å². The molecule has 1 aromatic carbocycles. The number of nitro benzene ring substituents is 1. The normalized spacial score (nSPS) is 14.6. The minimum atomic E-state index is -0.585. The van der Waals surface area contributed by atoms with Gasteiger partial charge in [-0.15, -0.1) is 10.2 Å². The zero-order chi connectivity index (χ0) is 13.6. The lowest BCUT2D eigenvalue weighted by atomic mass is 10.1. The zero-order valence-electron chi connectivity index (χ0n) is 10.1. The molecule has 0 atom stereocenters. The molecule has 7 nitrogen and oxygen atoms in total. The van der Waals surface area contributed by atoms with Crippen molar-refractivity contribution < 1.29 is 9.31 Å². The van der Waals surface area contributed by atoms with Gasteiger partial charge in [-0.25, -0.2) is 4.39 Å². The van der Waals surface area contributed by atoms with Crippen molar-refractivity contribution in [2.24, 2.45) is 0 Å². The van der Waals surface area contributed by atoms with Gasteiger partial charge in [0.2, 0.25) is 5.82 Å². The van der Waals surface area contributed by atoms with Crippen molar-refractivity contribution in [1.82, 2.24) is 20.2 Å². The van der Waals surface area contributed by atoms with E-state index in [2.05, 4.69) is 15.4 Å². The summed E-state index contributed by atoms with van der Waals surface area (Å²) in [4.78, 5) is 11.7. The Hall–Kier alpha value is -2.38. The average Bonchev–Trinajstić information content (AvgIpc) is 3.08. The third-order valence-electron chi connectivity index (χ3n) is 3.02. The predicted molar refractivity (Wildman–Crippen MR) is 62.9 cm³/mol. The first kappa shape index (κ1) is 11.7. The van der Waals surface area contributed by atoms with Crippen LogP contribution in [0.25, 0.3) is 11.4 Å². The largest absolute Gasteiger partial charge is 0.273 e. The molecule has 8 heteroatoms. The van der Waals surface area contributed by atoms with Crippen molar-refractivity contribution in [1.29, 1.82) is 0 Å². The molecule has 1 aromatic heterocycles. The van der Waals surface area contributed by atoms with Crippen molar-refractivity contribution >= 4 is 5.69 Å². The van der Waals surface area contributed by atoms with Gasteiger partial charge in [0.05, 0.1) is 16.5 Å². The maximum Gasteiger partial charge on any atom is 0.273 e. The molecule has 0 radical (unpaired) electrons. The first-order valence-corrected chi connectivity index (χ1v) is 5.80. The highest BCUT2D eigenvalue weighted by Crippen LogP contribution is 2.34. The minimum Gasteiger partial charge on any atom is -0.258 e. The molecule has 0 N–H and O–H groups in total. The lowest BCUT2D eigenvalue weighted by Crippen LogP contribution is -1.99. The molecule has 0 bridgehead atoms. The summed E-state index contributed by atoms with van der Waals surface area (Å²) in [7, 11) is 0. The van der Waals surface area contributed by atoms with Gasteiger partial charge in [0.1, 0.15) is 5.82 Å². The van der Waals surface area contributed by atoms with Gasteiger partial charge < -0.3 is 0 Å². The lowest BCUT2D eigenvalue weighted by Gasteiger charge is -2.01. The average molecular weight is 263 g/mol. The monoisotopic (exact) mass is 263 g/mol. The van der Waals surface area contributed by atoms with Crippen LogP contribution < -0.4 is 0 Å². The summed E-state index contributed by atoms with van der Waals surface area (Å²) in [6.45, 7) is 1.49. The summed E-state index contributed by atoms with van der Waals surface area (Å²) >= 11 is 0. The lowest BCUT2D eigenvalue weighted by molar-refractivity contribution is -0.385. The molecule has 0 aliphatic heterocycles. The highest BCUT2D eigenvalue weighted by atomic mass is 19.1. The molecule has 2 aromatic rings. The van der Waals surface area contributed by atoms with E-state index in [1.807, 2.05) is 0 Å². The first-order valence-electron chi connectivity index (χ1n) is 5.80. The number of hydrogen-bond acceptors (Lipinski definition) is 5. The highest BCUT2D eigenvalue weighted by Gasteiger charge is 2.27. The highest BCUT2D eigenvalue weighted by molar-refractivity contribution is 5.61. The molecule has 1 aliphatic carbocycles. The summed E-state index contributed by atoms with van der Waals surface area (Å²) in [6.07, 6.45) is 1.96. The standard InChI is InChI=1S/C11H10FN5O2/c1-6-4-9(12)8(5-10(6)17(18)19)11-13-15-16(14-11)7-2-3-7/h4-5,7H,2-3H2,1H3. The van der Waals surface area contributed by atoms with Gasteiger partial charge in [-0.1, -0.05) is 0 Å². The van der Waals surface area contributed by atoms with Crippen molar-refractivity contribution in [2.45, 2.75) is 25.8 Å². The fourth-order valence-corrected chi connectivity index (χ4v) is 1.82. The van der Waals surface area contributed by atoms with Crippen LogP contribution >= 0.6 is 0 Å². The van der Waals surface area contributed by atoms with Gasteiger partial charge in [-0.05, 0) is 31.0 Å². The molecule has 98 valence electrons. The fourth-order valence-electron chi connectivity index (χ4n) is 1.82. The van der Waals surface area contributed by atoms with Crippen LogP contribution in [0.2, 0.25) is 0 Å². The molecule has 0 spiro atoms. The maximum atomic E-state index is 13.9. The van der Waals surface area contributed by atoms with E-state index in [1.54, 1.807) is 0 Å². The van der Waals surface area contributed by atoms with E-state index in [0.29, 0.717) is 0 Å². The topological polar surface area (TPSA) is 86.7 Å². The van der Waals surface area contributed by atoms with E-state index in [1.165, 1.54) is 11.7 Å². The van der Waals surface area contributed by atoms with Gasteiger partial charge in [0.25, 0.3) is 5.69 Å². The Bertz CT molecular complexity index is 665. The first-order chi connectivity index (χ1) is 9.06. The van der Waals surface area contributed by atoms with Crippen LogP contribution in [0, 0.1) is 22.9 Å². The molecule has 1 heterocycles. The predicted octanol–water partition coefficient (Wildman–Crippen LogP) is 2.03. The van der Waals surface area contributed by atoms with Crippen molar-refractivity contribution in [2.75, 3.05) is 0 Å². The SMILES string of the molecule is Cc1cc(F)c(-c2nnn(C3CC3)n2)cc1[N+](=O)[O-]. The molecule has 1 aliphatic rings. The number of hydrogen-bond donors (Lipinski definition) is 0. The van der Waals surface area contributed by atoms with E-state index >= 15 is 0 Å². The Morgan fingerprint density at radius 2 is 2.21 bits per heavy atom. The molecule has 1 saturated carbocycles. The fraction of sp³-hybridized carbons (Fsp3) is 0.364. The third-order valence-corrected chi connectivity index (χ3v) is 3.02. The molecule has 1 fully saturated rings. The zero-order valence-corrected chi connectivity index (χ0v) is 10.1. The van der Waals surface area contributed by atoms with E-state index in [-0.39, 0.29) is 28.7 Å². The molecule has 0 saturated heterocycles. The van der Waals surface area contributed by atoms with Gasteiger partial charge in [0.15, 0.2) is 0 Å². The van der Waals surface area contributed by atoms with Gasteiger partial charge in [-0.2, -0.15) is 4.80 Å². The number of nitrogens with zero attached hydrogens (tertiary/aromatic N) is 5. The number of benzene rings is 1. The van der Waals surface area contributed by atoms with Crippen LogP contribution in [-0.4, -0.2) is 25.1 Å². The number of halogens is 1. The number of rotatable bonds is 3. The van der Waals surface area contributed by atoms with E-state index in [0.717, 1.165) is 25.0 Å². The third kappa shape index (κ3) is 2.05. The number of aromatic nitrogens is 4. The van der Waals surface area contributed by atoms with Crippen LogP contribution in [0.4, 0.5) is 10.1 Å². The second-order valence-corrected chi connectivity index (χ2v) is 4.54. The van der Waals surface area contributed by atoms with E-state index < -0.39 is 10.7 Å². The quantitative estimate of drug-likeness (QED) is 0.624. The smallest absolute Gasteiger partial charge is 0.258 e. The Labute approximate surface area is 107 Å². The molecule has 19 heavy (non-hydrogen) atoms. The van der Waals surface area contributed by atoms with E-state index in [9.17, 15) is 14.5 Å². The Balaban J connectivity index is 2.07. The Morgan fingerprint density at radius 1 is 1.47 bits per heavy atom. The Morgan fingerprint density at radius 3 is 2.84 bits per heavy atom. The van der Waals surface area contributed by atoms with E-state index in [4.69, 9.17) is 0 Å². The number of tetrazole rings is 1. The summed E-state index contributed by atoms with van der Waals surface area (Å²) < 4.78 is 13.9. The summed E-state index contributed by atoms with van der Waals surface area (Å²) in [6, 6.07) is 2.49. The number of nitro groups is 1. The Kier molecular flexibility index (Phi) is 2.51. The van der Waals surface area contributed by atoms with Crippen molar-refractivity contribution in [3.63, 3.8) is 0 Å².